The quantitative estimate of drug-likeness (QED) is 0.319. The number of hydrogen-bond acceptors (Lipinski definition) is 6. The molecule has 9 heteroatoms. The molecule has 4 aromatic rings. The minimum Gasteiger partial charge on any atom is -0.292 e. The van der Waals surface area contributed by atoms with Gasteiger partial charge in [-0.05, 0) is 54.3 Å². The second-order valence-corrected chi connectivity index (χ2v) is 13.1. The lowest BCUT2D eigenvalue weighted by Crippen LogP contribution is -2.68. The molecule has 4 aromatic carbocycles. The van der Waals surface area contributed by atoms with Crippen LogP contribution in [-0.4, -0.2) is 11.7 Å². The smallest absolute Gasteiger partial charge is 0.258 e. The fourth-order valence-corrected chi connectivity index (χ4v) is 9.05. The molecule has 0 saturated heterocycles. The van der Waals surface area contributed by atoms with Crippen LogP contribution in [0, 0.1) is 10.2 Å². The summed E-state index contributed by atoms with van der Waals surface area (Å²) in [5.41, 5.74) is 1.60. The van der Waals surface area contributed by atoms with Crippen LogP contribution in [0.3, 0.4) is 0 Å². The van der Waals surface area contributed by atoms with Gasteiger partial charge in [-0.15, -0.1) is 22.0 Å². The summed E-state index contributed by atoms with van der Waals surface area (Å²) < 4.78 is 34.0. The number of carbonyl (C=O) groups is 1. The standard InChI is InChI=1S/C29H26NOPS.ClHO4/c1-2-33-23-28(30-29(31)24-15-7-3-8-16-24)32(25-17-9-4-10-18-25,26-19-11-5-12-20-26)27-21-13-6-14-22-27;2-1(3,4)5/h3-23H,2H2,1H3;(H,2,3,4,5)/b28-23-;. The third-order valence-electron chi connectivity index (χ3n) is 5.43. The van der Waals surface area contributed by atoms with Crippen LogP contribution in [0.4, 0.5) is 0 Å². The number of nitrogens with one attached hydrogen (secondary N) is 1. The van der Waals surface area contributed by atoms with Crippen LogP contribution in [0.1, 0.15) is 17.3 Å². The van der Waals surface area contributed by atoms with Gasteiger partial charge in [0.1, 0.15) is 15.9 Å². The van der Waals surface area contributed by atoms with E-state index in [0.717, 1.165) is 11.2 Å². The predicted octanol–water partition coefficient (Wildman–Crippen LogP) is 1.21. The molecule has 6 nitrogen and oxygen atoms in total. The lowest BCUT2D eigenvalue weighted by atomic mass is 10.2. The van der Waals surface area contributed by atoms with Gasteiger partial charge in [-0.1, -0.05) is 79.7 Å². The zero-order valence-corrected chi connectivity index (χ0v) is 23.1. The van der Waals surface area contributed by atoms with Crippen LogP contribution in [0.2, 0.25) is 0 Å². The van der Waals surface area contributed by atoms with Crippen molar-refractivity contribution in [1.82, 2.24) is 5.32 Å². The Morgan fingerprint density at radius 2 is 1.05 bits per heavy atom. The van der Waals surface area contributed by atoms with E-state index in [1.807, 2.05) is 48.5 Å². The maximum Gasteiger partial charge on any atom is 0.258 e. The molecular weight excluding hydrogens is 541 g/mol. The highest BCUT2D eigenvalue weighted by Gasteiger charge is 2.50. The van der Waals surface area contributed by atoms with Gasteiger partial charge in [0.05, 0.1) is 0 Å². The van der Waals surface area contributed by atoms with Gasteiger partial charge in [0, 0.05) is 11.0 Å². The first-order chi connectivity index (χ1) is 18.3. The van der Waals surface area contributed by atoms with Crippen LogP contribution >= 0.6 is 19.0 Å². The van der Waals surface area contributed by atoms with E-state index in [1.165, 1.54) is 15.9 Å². The second-order valence-electron chi connectivity index (χ2n) is 7.83. The van der Waals surface area contributed by atoms with E-state index < -0.39 is 17.5 Å². The normalized spacial score (nSPS) is 11.8. The van der Waals surface area contributed by atoms with Gasteiger partial charge in [0.2, 0.25) is 0 Å². The zero-order chi connectivity index (χ0) is 27.4. The molecule has 0 spiro atoms. The molecular formula is C29H27ClNO5PS. The van der Waals surface area contributed by atoms with Gasteiger partial charge in [-0.2, -0.15) is 0 Å². The topological polar surface area (TPSA) is 121 Å². The Morgan fingerprint density at radius 3 is 1.39 bits per heavy atom. The number of halogens is 1. The Balaban J connectivity index is 0.000000732. The Morgan fingerprint density at radius 1 is 0.711 bits per heavy atom. The fourth-order valence-electron chi connectivity index (χ4n) is 3.95. The van der Waals surface area contributed by atoms with E-state index in [9.17, 15) is 4.79 Å². The maximum absolute atomic E-state index is 13.4. The molecule has 0 fully saturated rings. The average Bonchev–Trinajstić information content (AvgIpc) is 2.93. The SMILES string of the molecule is CCS/C=C(/NC(=O)c1ccccc1)[P+](c1ccccc1)(c1ccccc1)c1ccccc1.[O-][Cl+3]([O-])([O-])[O-]. The summed E-state index contributed by atoms with van der Waals surface area (Å²) in [4.78, 5) is 13.4. The zero-order valence-electron chi connectivity index (χ0n) is 20.6. The van der Waals surface area contributed by atoms with Crippen molar-refractivity contribution in [3.05, 3.63) is 138 Å². The first-order valence-electron chi connectivity index (χ1n) is 11.6. The molecule has 0 bridgehead atoms. The molecule has 0 saturated carbocycles. The number of amides is 1. The third-order valence-corrected chi connectivity index (χ3v) is 10.5. The maximum atomic E-state index is 13.4. The molecule has 4 rings (SSSR count). The average molecular weight is 568 g/mol. The van der Waals surface area contributed by atoms with E-state index in [2.05, 4.69) is 90.4 Å². The van der Waals surface area contributed by atoms with Gasteiger partial charge in [0.15, 0.2) is 12.7 Å². The molecule has 0 aliphatic heterocycles. The first kappa shape index (κ1) is 29.6. The van der Waals surface area contributed by atoms with Crippen LogP contribution in [0.25, 0.3) is 0 Å². The highest BCUT2D eigenvalue weighted by atomic mass is 35.7. The number of thioether (sulfide) groups is 1. The van der Waals surface area contributed by atoms with Crippen molar-refractivity contribution >= 4 is 40.8 Å². The van der Waals surface area contributed by atoms with E-state index in [0.29, 0.717) is 5.56 Å². The number of benzene rings is 4. The second kappa shape index (κ2) is 14.2. The van der Waals surface area contributed by atoms with Gasteiger partial charge in [-0.3, -0.25) is 10.1 Å². The largest absolute Gasteiger partial charge is 0.292 e. The van der Waals surface area contributed by atoms with Crippen LogP contribution in [0.5, 0.6) is 0 Å². The monoisotopic (exact) mass is 567 g/mol. The van der Waals surface area contributed by atoms with Crippen molar-refractivity contribution < 1.29 is 33.7 Å². The fraction of sp³-hybridized carbons (Fsp3) is 0.0690. The Bertz CT molecular complexity index is 1200. The summed E-state index contributed by atoms with van der Waals surface area (Å²) in [7, 11) is -7.30. The van der Waals surface area contributed by atoms with Crippen molar-refractivity contribution in [2.75, 3.05) is 5.75 Å². The summed E-state index contributed by atoms with van der Waals surface area (Å²) in [5.74, 6) is 0.828. The van der Waals surface area contributed by atoms with Crippen molar-refractivity contribution in [3.63, 3.8) is 0 Å². The minimum absolute atomic E-state index is 0.0919. The molecule has 0 aliphatic carbocycles. The van der Waals surface area contributed by atoms with Gasteiger partial charge in [0.25, 0.3) is 5.91 Å². The lowest BCUT2D eigenvalue weighted by molar-refractivity contribution is -2.00. The Hall–Kier alpha value is -3.00. The molecule has 0 unspecified atom stereocenters. The summed E-state index contributed by atoms with van der Waals surface area (Å²) in [6, 6.07) is 41.2. The van der Waals surface area contributed by atoms with Gasteiger partial charge < -0.3 is 0 Å². The molecule has 38 heavy (non-hydrogen) atoms. The lowest BCUT2D eigenvalue weighted by Gasteiger charge is -2.29. The molecule has 0 aliphatic rings. The molecule has 0 heterocycles. The molecule has 0 atom stereocenters. The van der Waals surface area contributed by atoms with Crippen LogP contribution in [0.15, 0.2) is 132 Å². The van der Waals surface area contributed by atoms with E-state index >= 15 is 0 Å². The number of carbonyl (C=O) groups excluding carboxylic acids is 1. The molecule has 0 aromatic heterocycles. The number of hydrogen-bond donors (Lipinski definition) is 1. The van der Waals surface area contributed by atoms with E-state index in [1.54, 1.807) is 11.8 Å². The van der Waals surface area contributed by atoms with Gasteiger partial charge >= 0.3 is 0 Å². The van der Waals surface area contributed by atoms with Gasteiger partial charge in [-0.25, -0.2) is 18.6 Å². The van der Waals surface area contributed by atoms with Crippen molar-refractivity contribution in [2.24, 2.45) is 0 Å². The summed E-state index contributed by atoms with van der Waals surface area (Å²) >= 11 is 1.72. The van der Waals surface area contributed by atoms with Crippen LogP contribution in [-0.2, 0) is 0 Å². The van der Waals surface area contributed by atoms with Crippen molar-refractivity contribution in [1.29, 1.82) is 0 Å². The van der Waals surface area contributed by atoms with Crippen molar-refractivity contribution in [2.45, 2.75) is 6.92 Å². The summed E-state index contributed by atoms with van der Waals surface area (Å²) in [6.07, 6.45) is 0. The van der Waals surface area contributed by atoms with Crippen LogP contribution < -0.4 is 39.9 Å². The first-order valence-corrected chi connectivity index (χ1v) is 15.7. The third kappa shape index (κ3) is 8.00. The Kier molecular flexibility index (Phi) is 11.1. The van der Waals surface area contributed by atoms with E-state index in [4.69, 9.17) is 18.6 Å². The van der Waals surface area contributed by atoms with E-state index in [-0.39, 0.29) is 5.91 Å². The summed E-state index contributed by atoms with van der Waals surface area (Å²) in [5, 5.41) is 9.13. The molecule has 1 N–H and O–H groups in total. The molecule has 0 radical (unpaired) electrons. The predicted molar refractivity (Wildman–Crippen MR) is 145 cm³/mol. The molecule has 196 valence electrons. The number of rotatable bonds is 8. The van der Waals surface area contributed by atoms with Crippen molar-refractivity contribution in [3.8, 4) is 0 Å². The summed E-state index contributed by atoms with van der Waals surface area (Å²) in [6.45, 7) is 2.13. The minimum atomic E-state index is -4.94. The highest BCUT2D eigenvalue weighted by Crippen LogP contribution is 2.61. The highest BCUT2D eigenvalue weighted by molar-refractivity contribution is 8.04. The molecule has 1 amide bonds. The Labute approximate surface area is 229 Å².